The second kappa shape index (κ2) is 9.66. The number of hydrogen-bond acceptors (Lipinski definition) is 3. The maximum Gasteiger partial charge on any atom is 0.251 e. The summed E-state index contributed by atoms with van der Waals surface area (Å²) in [5, 5.41) is 2.61. The normalized spacial score (nSPS) is 13.2. The van der Waals surface area contributed by atoms with Crippen LogP contribution in [-0.4, -0.2) is 50.6 Å². The Hall–Kier alpha value is -2.44. The number of ether oxygens (including phenoxy) is 1. The third-order valence-electron chi connectivity index (χ3n) is 5.04. The molecule has 1 aromatic heterocycles. The van der Waals surface area contributed by atoms with E-state index in [9.17, 15) is 9.59 Å². The highest BCUT2D eigenvalue weighted by Gasteiger charge is 2.21. The monoisotopic (exact) mass is 386 g/mol. The van der Waals surface area contributed by atoms with E-state index in [1.165, 1.54) is 0 Å². The highest BCUT2D eigenvalue weighted by molar-refractivity contribution is 5.98. The van der Waals surface area contributed by atoms with Gasteiger partial charge in [0.25, 0.3) is 5.91 Å². The summed E-state index contributed by atoms with van der Waals surface area (Å²) in [5.41, 5.74) is 4.59. The number of rotatable bonds is 9. The van der Waals surface area contributed by atoms with Crippen molar-refractivity contribution >= 4 is 11.7 Å². The Balaban J connectivity index is 2.04. The standard InChI is InChI=1S/C22H31N3O3/c1-15-11-20(17(3)25(15)16(2)14-28-6)21(26)13-24(5)12-18-7-9-19(10-8-18)22(27)23-4/h7-11,16H,12-14H2,1-6H3,(H,23,27)/p+1/t16-/m1/s1. The number of likely N-dealkylation sites (N-methyl/N-ethyl adjacent to an activating group) is 1. The van der Waals surface area contributed by atoms with Crippen LogP contribution < -0.4 is 10.2 Å². The van der Waals surface area contributed by atoms with Crippen molar-refractivity contribution in [2.45, 2.75) is 33.4 Å². The van der Waals surface area contributed by atoms with Crippen molar-refractivity contribution in [2.24, 2.45) is 0 Å². The molecule has 2 rings (SSSR count). The highest BCUT2D eigenvalue weighted by atomic mass is 16.5. The van der Waals surface area contributed by atoms with E-state index < -0.39 is 0 Å². The number of aromatic nitrogens is 1. The summed E-state index contributed by atoms with van der Waals surface area (Å²) in [5.74, 6) is 0.0453. The summed E-state index contributed by atoms with van der Waals surface area (Å²) in [4.78, 5) is 25.6. The molecular formula is C22H32N3O3+. The maximum atomic E-state index is 12.9. The van der Waals surface area contributed by atoms with Crippen LogP contribution in [0.25, 0.3) is 0 Å². The number of Topliss-reactive ketones (excluding diaryl/α,β-unsaturated/α-hetero) is 1. The zero-order valence-corrected chi connectivity index (χ0v) is 17.8. The number of benzene rings is 1. The number of carbonyl (C=O) groups excluding carboxylic acids is 2. The Kier molecular flexibility index (Phi) is 7.54. The molecule has 1 heterocycles. The maximum absolute atomic E-state index is 12.9. The number of quaternary nitrogens is 1. The first-order chi connectivity index (χ1) is 13.3. The van der Waals surface area contributed by atoms with E-state index in [0.29, 0.717) is 18.7 Å². The summed E-state index contributed by atoms with van der Waals surface area (Å²) in [6.07, 6.45) is 0. The Labute approximate surface area is 167 Å². The molecule has 152 valence electrons. The van der Waals surface area contributed by atoms with Gasteiger partial charge in [0.05, 0.1) is 19.7 Å². The first kappa shape index (κ1) is 21.9. The van der Waals surface area contributed by atoms with Crippen LogP contribution in [0, 0.1) is 13.8 Å². The van der Waals surface area contributed by atoms with Gasteiger partial charge in [-0.1, -0.05) is 12.1 Å². The zero-order valence-electron chi connectivity index (χ0n) is 17.8. The van der Waals surface area contributed by atoms with Crippen LogP contribution in [0.4, 0.5) is 0 Å². The molecular weight excluding hydrogens is 354 g/mol. The summed E-state index contributed by atoms with van der Waals surface area (Å²) in [6.45, 7) is 7.87. The molecule has 2 N–H and O–H groups in total. The smallest absolute Gasteiger partial charge is 0.251 e. The topological polar surface area (TPSA) is 64.8 Å². The fourth-order valence-corrected chi connectivity index (χ4v) is 3.75. The van der Waals surface area contributed by atoms with Gasteiger partial charge in [-0.15, -0.1) is 0 Å². The van der Waals surface area contributed by atoms with Gasteiger partial charge in [-0.2, -0.15) is 0 Å². The van der Waals surface area contributed by atoms with Crippen molar-refractivity contribution in [1.82, 2.24) is 9.88 Å². The van der Waals surface area contributed by atoms with Gasteiger partial charge in [-0.25, -0.2) is 0 Å². The van der Waals surface area contributed by atoms with Crippen LogP contribution in [0.5, 0.6) is 0 Å². The molecule has 0 radical (unpaired) electrons. The predicted molar refractivity (Wildman–Crippen MR) is 110 cm³/mol. The second-order valence-electron chi connectivity index (χ2n) is 7.47. The van der Waals surface area contributed by atoms with Crippen LogP contribution in [-0.2, 0) is 11.3 Å². The molecule has 0 saturated carbocycles. The molecule has 0 aliphatic heterocycles. The van der Waals surface area contributed by atoms with E-state index in [1.807, 2.05) is 51.2 Å². The van der Waals surface area contributed by atoms with Crippen LogP contribution in [0.15, 0.2) is 30.3 Å². The average Bonchev–Trinajstić information content (AvgIpc) is 2.96. The van der Waals surface area contributed by atoms with Gasteiger partial charge in [0.2, 0.25) is 5.78 Å². The summed E-state index contributed by atoms with van der Waals surface area (Å²) in [6, 6.07) is 9.68. The van der Waals surface area contributed by atoms with Crippen molar-refractivity contribution in [3.05, 3.63) is 58.4 Å². The fourth-order valence-electron chi connectivity index (χ4n) is 3.75. The van der Waals surface area contributed by atoms with Gasteiger partial charge in [-0.3, -0.25) is 9.59 Å². The Morgan fingerprint density at radius 2 is 1.86 bits per heavy atom. The van der Waals surface area contributed by atoms with Crippen molar-refractivity contribution in [3.63, 3.8) is 0 Å². The zero-order chi connectivity index (χ0) is 20.8. The quantitative estimate of drug-likeness (QED) is 0.643. The highest BCUT2D eigenvalue weighted by Crippen LogP contribution is 2.20. The molecule has 0 fully saturated rings. The number of nitrogens with one attached hydrogen (secondary N) is 2. The summed E-state index contributed by atoms with van der Waals surface area (Å²) >= 11 is 0. The van der Waals surface area contributed by atoms with E-state index in [0.717, 1.165) is 34.0 Å². The first-order valence-corrected chi connectivity index (χ1v) is 9.61. The van der Waals surface area contributed by atoms with Gasteiger partial charge in [0.15, 0.2) is 0 Å². The van der Waals surface area contributed by atoms with Crippen LogP contribution in [0.2, 0.25) is 0 Å². The van der Waals surface area contributed by atoms with Crippen LogP contribution in [0.3, 0.4) is 0 Å². The number of aryl methyl sites for hydroxylation is 1. The lowest BCUT2D eigenvalue weighted by molar-refractivity contribution is -0.884. The lowest BCUT2D eigenvalue weighted by atomic mass is 10.1. The minimum atomic E-state index is -0.0968. The number of carbonyl (C=O) groups is 2. The Morgan fingerprint density at radius 3 is 2.43 bits per heavy atom. The molecule has 0 aliphatic carbocycles. The van der Waals surface area contributed by atoms with E-state index in [1.54, 1.807) is 14.2 Å². The van der Waals surface area contributed by atoms with Crippen LogP contribution >= 0.6 is 0 Å². The number of nitrogens with zero attached hydrogens (tertiary/aromatic N) is 1. The lowest BCUT2D eigenvalue weighted by Gasteiger charge is -2.18. The molecule has 28 heavy (non-hydrogen) atoms. The van der Waals surface area contributed by atoms with Crippen molar-refractivity contribution in [1.29, 1.82) is 0 Å². The van der Waals surface area contributed by atoms with Gasteiger partial charge in [0.1, 0.15) is 13.1 Å². The van der Waals surface area contributed by atoms with E-state index in [2.05, 4.69) is 16.8 Å². The number of ketones is 1. The lowest BCUT2D eigenvalue weighted by Crippen LogP contribution is -3.08. The molecule has 1 unspecified atom stereocenters. The second-order valence-corrected chi connectivity index (χ2v) is 7.47. The third-order valence-corrected chi connectivity index (χ3v) is 5.04. The van der Waals surface area contributed by atoms with E-state index in [-0.39, 0.29) is 17.7 Å². The molecule has 0 bridgehead atoms. The minimum absolute atomic E-state index is 0.0968. The molecule has 2 aromatic rings. The molecule has 6 heteroatoms. The summed E-state index contributed by atoms with van der Waals surface area (Å²) < 4.78 is 7.43. The average molecular weight is 387 g/mol. The van der Waals surface area contributed by atoms with Crippen LogP contribution in [0.1, 0.15) is 50.6 Å². The third kappa shape index (κ3) is 5.09. The molecule has 6 nitrogen and oxygen atoms in total. The molecule has 1 amide bonds. The van der Waals surface area contributed by atoms with Gasteiger partial charge < -0.3 is 19.5 Å². The van der Waals surface area contributed by atoms with E-state index >= 15 is 0 Å². The number of amides is 1. The van der Waals surface area contributed by atoms with Crippen molar-refractivity contribution < 1.29 is 19.2 Å². The first-order valence-electron chi connectivity index (χ1n) is 9.61. The largest absolute Gasteiger partial charge is 0.383 e. The Morgan fingerprint density at radius 1 is 1.21 bits per heavy atom. The number of methoxy groups -OCH3 is 1. The number of hydrogen-bond donors (Lipinski definition) is 2. The Bertz CT molecular complexity index is 824. The molecule has 0 spiro atoms. The summed E-state index contributed by atoms with van der Waals surface area (Å²) in [7, 11) is 5.32. The van der Waals surface area contributed by atoms with Gasteiger partial charge in [0, 0.05) is 42.2 Å². The van der Waals surface area contributed by atoms with Crippen molar-refractivity contribution in [2.75, 3.05) is 34.4 Å². The molecule has 0 saturated heterocycles. The predicted octanol–water partition coefficient (Wildman–Crippen LogP) is 1.57. The molecule has 0 aliphatic rings. The van der Waals surface area contributed by atoms with Gasteiger partial charge >= 0.3 is 0 Å². The van der Waals surface area contributed by atoms with Crippen molar-refractivity contribution in [3.8, 4) is 0 Å². The van der Waals surface area contributed by atoms with Gasteiger partial charge in [-0.05, 0) is 39.0 Å². The minimum Gasteiger partial charge on any atom is -0.383 e. The fraction of sp³-hybridized carbons (Fsp3) is 0.455. The SMILES string of the molecule is CNC(=O)c1ccc(C[NH+](C)CC(=O)c2cc(C)n([C@H](C)COC)c2C)cc1. The molecule has 1 aromatic carbocycles. The molecule has 2 atom stereocenters. The van der Waals surface area contributed by atoms with E-state index in [4.69, 9.17) is 4.74 Å².